The van der Waals surface area contributed by atoms with Crippen LogP contribution in [0.15, 0.2) is 30.6 Å². The zero-order chi connectivity index (χ0) is 18.0. The second-order valence-electron chi connectivity index (χ2n) is 6.65. The smallest absolute Gasteiger partial charge is 0.257 e. The highest BCUT2D eigenvalue weighted by molar-refractivity contribution is 6.04. The first kappa shape index (κ1) is 17.4. The van der Waals surface area contributed by atoms with Crippen LogP contribution in [0.5, 0.6) is 0 Å². The first-order chi connectivity index (χ1) is 11.9. The van der Waals surface area contributed by atoms with Crippen molar-refractivity contribution in [1.82, 2.24) is 9.97 Å². The summed E-state index contributed by atoms with van der Waals surface area (Å²) in [7, 11) is 0. The lowest BCUT2D eigenvalue weighted by atomic mass is 10.2. The first-order valence-electron chi connectivity index (χ1n) is 8.53. The predicted molar refractivity (Wildman–Crippen MR) is 98.1 cm³/mol. The highest BCUT2D eigenvalue weighted by atomic mass is 16.5. The molecule has 3 rings (SSSR count). The van der Waals surface area contributed by atoms with E-state index in [2.05, 4.69) is 34.0 Å². The van der Waals surface area contributed by atoms with Gasteiger partial charge in [0.15, 0.2) is 0 Å². The molecule has 0 saturated carbocycles. The molecule has 2 aromatic rings. The van der Waals surface area contributed by atoms with Crippen LogP contribution >= 0.6 is 0 Å². The van der Waals surface area contributed by atoms with Crippen molar-refractivity contribution in [2.45, 2.75) is 39.9 Å². The number of morpholine rings is 1. The third-order valence-electron chi connectivity index (χ3n) is 4.35. The molecule has 2 aromatic heterocycles. The summed E-state index contributed by atoms with van der Waals surface area (Å²) < 4.78 is 5.74. The van der Waals surface area contributed by atoms with Crippen LogP contribution in [0.4, 0.5) is 11.5 Å². The molecule has 25 heavy (non-hydrogen) atoms. The van der Waals surface area contributed by atoms with Crippen molar-refractivity contribution in [3.8, 4) is 0 Å². The number of hydrogen-bond donors (Lipinski definition) is 1. The van der Waals surface area contributed by atoms with Gasteiger partial charge in [-0.1, -0.05) is 0 Å². The molecule has 1 fully saturated rings. The van der Waals surface area contributed by atoms with Gasteiger partial charge >= 0.3 is 0 Å². The van der Waals surface area contributed by atoms with Crippen molar-refractivity contribution in [2.24, 2.45) is 0 Å². The normalized spacial score (nSPS) is 20.4. The lowest BCUT2D eigenvalue weighted by Crippen LogP contribution is -2.45. The van der Waals surface area contributed by atoms with Gasteiger partial charge in [-0.05, 0) is 51.5 Å². The summed E-state index contributed by atoms with van der Waals surface area (Å²) in [4.78, 5) is 23.3. The summed E-state index contributed by atoms with van der Waals surface area (Å²) >= 11 is 0. The molecule has 0 radical (unpaired) electrons. The Labute approximate surface area is 148 Å². The Balaban J connectivity index is 1.69. The average molecular weight is 340 g/mol. The third kappa shape index (κ3) is 4.14. The zero-order valence-corrected chi connectivity index (χ0v) is 15.1. The van der Waals surface area contributed by atoms with E-state index >= 15 is 0 Å². The zero-order valence-electron chi connectivity index (χ0n) is 15.1. The molecular formula is C19H24N4O2. The molecule has 0 aromatic carbocycles. The molecule has 1 aliphatic heterocycles. The van der Waals surface area contributed by atoms with Gasteiger partial charge in [-0.2, -0.15) is 0 Å². The molecule has 0 spiro atoms. The van der Waals surface area contributed by atoms with E-state index in [4.69, 9.17) is 4.74 Å². The topological polar surface area (TPSA) is 67.4 Å². The number of anilines is 2. The van der Waals surface area contributed by atoms with Crippen LogP contribution < -0.4 is 10.2 Å². The number of rotatable bonds is 3. The fraction of sp³-hybridized carbons (Fsp3) is 0.421. The Bertz CT molecular complexity index is 751. The Morgan fingerprint density at radius 3 is 2.48 bits per heavy atom. The highest BCUT2D eigenvalue weighted by Gasteiger charge is 2.23. The number of nitrogens with zero attached hydrogens (tertiary/aromatic N) is 3. The van der Waals surface area contributed by atoms with Crippen molar-refractivity contribution in [2.75, 3.05) is 23.3 Å². The van der Waals surface area contributed by atoms with E-state index in [1.54, 1.807) is 18.5 Å². The Morgan fingerprint density at radius 1 is 1.16 bits per heavy atom. The molecule has 6 nitrogen and oxygen atoms in total. The van der Waals surface area contributed by atoms with Crippen LogP contribution in [-0.2, 0) is 4.74 Å². The third-order valence-corrected chi connectivity index (χ3v) is 4.35. The number of pyridine rings is 2. The number of ether oxygens (including phenoxy) is 1. The van der Waals surface area contributed by atoms with Crippen molar-refractivity contribution in [3.05, 3.63) is 47.4 Å². The highest BCUT2D eigenvalue weighted by Crippen LogP contribution is 2.19. The number of carbonyl (C=O) groups excluding carboxylic acids is 1. The number of nitrogens with one attached hydrogen (secondary N) is 1. The van der Waals surface area contributed by atoms with E-state index in [0.29, 0.717) is 11.3 Å². The summed E-state index contributed by atoms with van der Waals surface area (Å²) in [5, 5.41) is 2.86. The van der Waals surface area contributed by atoms with Gasteiger partial charge in [0, 0.05) is 25.0 Å². The van der Waals surface area contributed by atoms with Gasteiger partial charge in [0.25, 0.3) is 5.91 Å². The van der Waals surface area contributed by atoms with E-state index < -0.39 is 0 Å². The van der Waals surface area contributed by atoms with Gasteiger partial charge in [-0.25, -0.2) is 4.98 Å². The van der Waals surface area contributed by atoms with Gasteiger partial charge in [0.2, 0.25) is 0 Å². The largest absolute Gasteiger partial charge is 0.372 e. The standard InChI is InChI=1S/C19H24N4O2/c1-12-7-17(9-20-15(12)4)22-19(24)16-5-6-18(21-8-16)23-10-13(2)25-14(3)11-23/h5-9,13-14H,10-11H2,1-4H3,(H,22,24). The Hall–Kier alpha value is -2.47. The second kappa shape index (κ2) is 7.19. The number of carbonyl (C=O) groups is 1. The van der Waals surface area contributed by atoms with Gasteiger partial charge in [0.1, 0.15) is 5.82 Å². The lowest BCUT2D eigenvalue weighted by molar-refractivity contribution is -0.00546. The molecule has 2 atom stereocenters. The van der Waals surface area contributed by atoms with Crippen LogP contribution in [0.3, 0.4) is 0 Å². The maximum atomic E-state index is 12.4. The maximum Gasteiger partial charge on any atom is 0.257 e. The molecule has 0 bridgehead atoms. The SMILES string of the molecule is Cc1cc(NC(=O)c2ccc(N3CC(C)OC(C)C3)nc2)cnc1C. The van der Waals surface area contributed by atoms with E-state index in [1.165, 1.54) is 0 Å². The molecule has 1 saturated heterocycles. The molecule has 1 N–H and O–H groups in total. The fourth-order valence-electron chi connectivity index (χ4n) is 2.99. The summed E-state index contributed by atoms with van der Waals surface area (Å²) in [6, 6.07) is 5.60. The summed E-state index contributed by atoms with van der Waals surface area (Å²) in [5.41, 5.74) is 3.21. The minimum absolute atomic E-state index is 0.172. The predicted octanol–water partition coefficient (Wildman–Crippen LogP) is 2.96. The average Bonchev–Trinajstić information content (AvgIpc) is 2.57. The maximum absolute atomic E-state index is 12.4. The minimum Gasteiger partial charge on any atom is -0.372 e. The number of aryl methyl sites for hydroxylation is 2. The second-order valence-corrected chi connectivity index (χ2v) is 6.65. The van der Waals surface area contributed by atoms with E-state index in [-0.39, 0.29) is 18.1 Å². The molecule has 132 valence electrons. The van der Waals surface area contributed by atoms with Gasteiger partial charge in [0.05, 0.1) is 29.7 Å². The van der Waals surface area contributed by atoms with Gasteiger partial charge < -0.3 is 15.0 Å². The van der Waals surface area contributed by atoms with Crippen molar-refractivity contribution >= 4 is 17.4 Å². The van der Waals surface area contributed by atoms with Crippen LogP contribution in [0, 0.1) is 13.8 Å². The van der Waals surface area contributed by atoms with Crippen LogP contribution in [0.1, 0.15) is 35.5 Å². The summed E-state index contributed by atoms with van der Waals surface area (Å²) in [5.74, 6) is 0.680. The quantitative estimate of drug-likeness (QED) is 0.930. The number of aromatic nitrogens is 2. The van der Waals surface area contributed by atoms with Crippen molar-refractivity contribution in [3.63, 3.8) is 0 Å². The summed E-state index contributed by atoms with van der Waals surface area (Å²) in [6.45, 7) is 9.63. The van der Waals surface area contributed by atoms with E-state index in [9.17, 15) is 4.79 Å². The van der Waals surface area contributed by atoms with E-state index in [1.807, 2.05) is 26.0 Å². The lowest BCUT2D eigenvalue weighted by Gasteiger charge is -2.36. The van der Waals surface area contributed by atoms with Gasteiger partial charge in [-0.3, -0.25) is 9.78 Å². The molecular weight excluding hydrogens is 316 g/mol. The number of amides is 1. The molecule has 1 amide bonds. The first-order valence-corrected chi connectivity index (χ1v) is 8.53. The molecule has 2 unspecified atom stereocenters. The Kier molecular flexibility index (Phi) is 4.99. The number of hydrogen-bond acceptors (Lipinski definition) is 5. The van der Waals surface area contributed by atoms with Crippen molar-refractivity contribution in [1.29, 1.82) is 0 Å². The van der Waals surface area contributed by atoms with E-state index in [0.717, 1.165) is 30.2 Å². The molecule has 0 aliphatic carbocycles. The van der Waals surface area contributed by atoms with Crippen molar-refractivity contribution < 1.29 is 9.53 Å². The molecule has 6 heteroatoms. The molecule has 3 heterocycles. The summed E-state index contributed by atoms with van der Waals surface area (Å²) in [6.07, 6.45) is 3.62. The van der Waals surface area contributed by atoms with Crippen LogP contribution in [0.25, 0.3) is 0 Å². The Morgan fingerprint density at radius 2 is 1.88 bits per heavy atom. The van der Waals surface area contributed by atoms with Crippen LogP contribution in [-0.4, -0.2) is 41.2 Å². The molecule has 1 aliphatic rings. The van der Waals surface area contributed by atoms with Crippen LogP contribution in [0.2, 0.25) is 0 Å². The monoisotopic (exact) mass is 340 g/mol. The van der Waals surface area contributed by atoms with Gasteiger partial charge in [-0.15, -0.1) is 0 Å². The fourth-order valence-corrected chi connectivity index (χ4v) is 2.99. The minimum atomic E-state index is -0.187.